The van der Waals surface area contributed by atoms with Crippen molar-refractivity contribution in [2.45, 2.75) is 19.3 Å². The number of amides is 1. The van der Waals surface area contributed by atoms with E-state index in [1.807, 2.05) is 36.2 Å². The average Bonchev–Trinajstić information content (AvgIpc) is 2.67. The molecule has 2 N–H and O–H groups in total. The molecule has 0 aliphatic carbocycles. The lowest BCUT2D eigenvalue weighted by Crippen LogP contribution is -2.39. The van der Waals surface area contributed by atoms with E-state index in [2.05, 4.69) is 20.6 Å². The lowest BCUT2D eigenvalue weighted by atomic mass is 9.93. The minimum Gasteiger partial charge on any atom is -0.339 e. The van der Waals surface area contributed by atoms with E-state index < -0.39 is 0 Å². The van der Waals surface area contributed by atoms with Gasteiger partial charge < -0.3 is 15.5 Å². The van der Waals surface area contributed by atoms with Crippen LogP contribution in [0.1, 0.15) is 29.6 Å². The summed E-state index contributed by atoms with van der Waals surface area (Å²) < 4.78 is 0. The van der Waals surface area contributed by atoms with Gasteiger partial charge >= 0.3 is 0 Å². The zero-order valence-corrected chi connectivity index (χ0v) is 14.6. The Hall–Kier alpha value is -2.47. The number of anilines is 2. The molecule has 1 aliphatic rings. The van der Waals surface area contributed by atoms with Gasteiger partial charge in [-0.2, -0.15) is 0 Å². The molecule has 1 saturated heterocycles. The van der Waals surface area contributed by atoms with Gasteiger partial charge in [0.2, 0.25) is 0 Å². The number of nitrogens with one attached hydrogen (secondary N) is 2. The average molecular weight is 339 g/mol. The zero-order chi connectivity index (χ0) is 17.5. The van der Waals surface area contributed by atoms with E-state index in [0.717, 1.165) is 44.1 Å². The molecule has 0 radical (unpaired) electrons. The van der Waals surface area contributed by atoms with Gasteiger partial charge in [-0.25, -0.2) is 4.98 Å². The van der Waals surface area contributed by atoms with E-state index in [-0.39, 0.29) is 5.91 Å². The SMILES string of the molecule is CNCCC1CCN(C(=O)c2cccc(Nc3cnccn3)c2)CC1. The van der Waals surface area contributed by atoms with Crippen molar-refractivity contribution in [3.05, 3.63) is 48.4 Å². The summed E-state index contributed by atoms with van der Waals surface area (Å²) in [5.41, 5.74) is 1.55. The molecule has 6 nitrogen and oxygen atoms in total. The maximum Gasteiger partial charge on any atom is 0.253 e. The van der Waals surface area contributed by atoms with Gasteiger partial charge in [-0.05, 0) is 57.0 Å². The first-order valence-electron chi connectivity index (χ1n) is 8.83. The van der Waals surface area contributed by atoms with Crippen LogP contribution in [0.4, 0.5) is 11.5 Å². The van der Waals surface area contributed by atoms with Crippen LogP contribution in [0.5, 0.6) is 0 Å². The van der Waals surface area contributed by atoms with Gasteiger partial charge in [-0.3, -0.25) is 9.78 Å². The van der Waals surface area contributed by atoms with Crippen molar-refractivity contribution in [3.63, 3.8) is 0 Å². The van der Waals surface area contributed by atoms with Crippen LogP contribution in [0.2, 0.25) is 0 Å². The Morgan fingerprint density at radius 3 is 2.84 bits per heavy atom. The molecule has 1 fully saturated rings. The van der Waals surface area contributed by atoms with Crippen LogP contribution in [-0.2, 0) is 0 Å². The van der Waals surface area contributed by atoms with Gasteiger partial charge in [0.1, 0.15) is 5.82 Å². The van der Waals surface area contributed by atoms with Gasteiger partial charge in [0.25, 0.3) is 5.91 Å². The number of aromatic nitrogens is 2. The van der Waals surface area contributed by atoms with Crippen molar-refractivity contribution >= 4 is 17.4 Å². The number of nitrogens with zero attached hydrogens (tertiary/aromatic N) is 3. The van der Waals surface area contributed by atoms with Gasteiger partial charge in [0.05, 0.1) is 6.20 Å². The molecule has 2 heterocycles. The standard InChI is InChI=1S/C19H25N5O/c1-20-8-5-15-6-11-24(12-7-15)19(25)16-3-2-4-17(13-16)23-18-14-21-9-10-22-18/h2-4,9-10,13-15,20H,5-8,11-12H2,1H3,(H,22,23). The van der Waals surface area contributed by atoms with Crippen LogP contribution in [0, 0.1) is 5.92 Å². The summed E-state index contributed by atoms with van der Waals surface area (Å²) in [6.45, 7) is 2.73. The Kier molecular flexibility index (Phi) is 5.95. The highest BCUT2D eigenvalue weighted by atomic mass is 16.2. The number of hydrogen-bond donors (Lipinski definition) is 2. The monoisotopic (exact) mass is 339 g/mol. The molecule has 0 atom stereocenters. The molecule has 1 amide bonds. The number of likely N-dealkylation sites (tertiary alicyclic amines) is 1. The van der Waals surface area contributed by atoms with Crippen molar-refractivity contribution in [1.82, 2.24) is 20.2 Å². The van der Waals surface area contributed by atoms with Crippen LogP contribution >= 0.6 is 0 Å². The lowest BCUT2D eigenvalue weighted by Gasteiger charge is -2.32. The predicted molar refractivity (Wildman–Crippen MR) is 98.9 cm³/mol. The van der Waals surface area contributed by atoms with Crippen molar-refractivity contribution in [2.24, 2.45) is 5.92 Å². The first-order valence-corrected chi connectivity index (χ1v) is 8.83. The third-order valence-electron chi connectivity index (χ3n) is 4.65. The Morgan fingerprint density at radius 1 is 1.28 bits per heavy atom. The van der Waals surface area contributed by atoms with Crippen molar-refractivity contribution < 1.29 is 4.79 Å². The highest BCUT2D eigenvalue weighted by Crippen LogP contribution is 2.22. The third kappa shape index (κ3) is 4.76. The maximum atomic E-state index is 12.8. The molecule has 0 saturated carbocycles. The molecule has 25 heavy (non-hydrogen) atoms. The Balaban J connectivity index is 1.60. The quantitative estimate of drug-likeness (QED) is 0.847. The van der Waals surface area contributed by atoms with Gasteiger partial charge in [0, 0.05) is 36.7 Å². The van der Waals surface area contributed by atoms with E-state index in [0.29, 0.717) is 11.4 Å². The summed E-state index contributed by atoms with van der Waals surface area (Å²) in [6, 6.07) is 7.57. The Labute approximate surface area is 148 Å². The Morgan fingerprint density at radius 2 is 2.12 bits per heavy atom. The number of carbonyl (C=O) groups excluding carboxylic acids is 1. The highest BCUT2D eigenvalue weighted by Gasteiger charge is 2.23. The fraction of sp³-hybridized carbons (Fsp3) is 0.421. The molecule has 1 aliphatic heterocycles. The first kappa shape index (κ1) is 17.4. The minimum absolute atomic E-state index is 0.106. The number of piperidine rings is 1. The molecule has 0 unspecified atom stereocenters. The summed E-state index contributed by atoms with van der Waals surface area (Å²) in [5.74, 6) is 1.49. The van der Waals surface area contributed by atoms with Crippen molar-refractivity contribution in [1.29, 1.82) is 0 Å². The molecule has 0 bridgehead atoms. The lowest BCUT2D eigenvalue weighted by molar-refractivity contribution is 0.0687. The largest absolute Gasteiger partial charge is 0.339 e. The van der Waals surface area contributed by atoms with Crippen molar-refractivity contribution in [2.75, 3.05) is 32.0 Å². The first-order chi connectivity index (χ1) is 12.3. The topological polar surface area (TPSA) is 70.2 Å². The predicted octanol–water partition coefficient (Wildman–Crippen LogP) is 2.68. The van der Waals surface area contributed by atoms with Gasteiger partial charge in [-0.15, -0.1) is 0 Å². The fourth-order valence-electron chi connectivity index (χ4n) is 3.20. The van der Waals surface area contributed by atoms with Gasteiger partial charge in [0.15, 0.2) is 0 Å². The molecular weight excluding hydrogens is 314 g/mol. The van der Waals surface area contributed by atoms with E-state index in [1.165, 1.54) is 6.42 Å². The number of benzene rings is 1. The van der Waals surface area contributed by atoms with E-state index >= 15 is 0 Å². The highest BCUT2D eigenvalue weighted by molar-refractivity contribution is 5.95. The van der Waals surface area contributed by atoms with E-state index in [9.17, 15) is 4.79 Å². The van der Waals surface area contributed by atoms with Crippen LogP contribution in [0.15, 0.2) is 42.9 Å². The summed E-state index contributed by atoms with van der Waals surface area (Å²) in [6.07, 6.45) is 8.29. The zero-order valence-electron chi connectivity index (χ0n) is 14.6. The summed E-state index contributed by atoms with van der Waals surface area (Å²) in [7, 11) is 1.99. The minimum atomic E-state index is 0.106. The fourth-order valence-corrected chi connectivity index (χ4v) is 3.20. The van der Waals surface area contributed by atoms with Crippen LogP contribution in [0.25, 0.3) is 0 Å². The molecule has 2 aromatic rings. The molecular formula is C19H25N5O. The summed E-state index contributed by atoms with van der Waals surface area (Å²) in [4.78, 5) is 23.0. The number of rotatable bonds is 6. The molecule has 1 aromatic carbocycles. The molecule has 6 heteroatoms. The smallest absolute Gasteiger partial charge is 0.253 e. The number of carbonyl (C=O) groups is 1. The normalized spacial score (nSPS) is 15.2. The van der Waals surface area contributed by atoms with E-state index in [4.69, 9.17) is 0 Å². The van der Waals surface area contributed by atoms with Crippen LogP contribution < -0.4 is 10.6 Å². The second-order valence-corrected chi connectivity index (χ2v) is 6.42. The maximum absolute atomic E-state index is 12.8. The Bertz CT molecular complexity index is 683. The summed E-state index contributed by atoms with van der Waals surface area (Å²) >= 11 is 0. The van der Waals surface area contributed by atoms with Crippen LogP contribution in [0.3, 0.4) is 0 Å². The second-order valence-electron chi connectivity index (χ2n) is 6.42. The summed E-state index contributed by atoms with van der Waals surface area (Å²) in [5, 5.41) is 6.38. The second kappa shape index (κ2) is 8.58. The van der Waals surface area contributed by atoms with Crippen LogP contribution in [-0.4, -0.2) is 47.5 Å². The number of hydrogen-bond acceptors (Lipinski definition) is 5. The molecule has 132 valence electrons. The third-order valence-corrected chi connectivity index (χ3v) is 4.65. The molecule has 0 spiro atoms. The van der Waals surface area contributed by atoms with Crippen molar-refractivity contribution in [3.8, 4) is 0 Å². The molecule has 1 aromatic heterocycles. The van der Waals surface area contributed by atoms with Gasteiger partial charge in [-0.1, -0.05) is 6.07 Å². The molecule has 3 rings (SSSR count). The van der Waals surface area contributed by atoms with E-state index in [1.54, 1.807) is 18.6 Å².